The molecule has 8 heteroatoms. The van der Waals surface area contributed by atoms with Crippen LogP contribution in [0, 0.1) is 13.7 Å². The van der Waals surface area contributed by atoms with Gasteiger partial charge >= 0.3 is 0 Å². The van der Waals surface area contributed by atoms with E-state index in [0.717, 1.165) is 42.1 Å². The van der Waals surface area contributed by atoms with Crippen LogP contribution in [0.3, 0.4) is 0 Å². The van der Waals surface area contributed by atoms with Crippen LogP contribution in [0.4, 0.5) is 11.4 Å². The predicted molar refractivity (Wildman–Crippen MR) is 96.5 cm³/mol. The third-order valence-corrected chi connectivity index (χ3v) is 4.80. The van der Waals surface area contributed by atoms with E-state index in [1.165, 1.54) is 0 Å². The van der Waals surface area contributed by atoms with Gasteiger partial charge in [-0.1, -0.05) is 0 Å². The summed E-state index contributed by atoms with van der Waals surface area (Å²) in [7, 11) is 1.99. The van der Waals surface area contributed by atoms with E-state index in [0.29, 0.717) is 5.69 Å². The van der Waals surface area contributed by atoms with Crippen LogP contribution < -0.4 is 4.90 Å². The molecule has 0 saturated carbocycles. The zero-order chi connectivity index (χ0) is 16.4. The van der Waals surface area contributed by atoms with E-state index in [1.807, 2.05) is 29.9 Å². The van der Waals surface area contributed by atoms with Gasteiger partial charge in [0.25, 0.3) is 5.69 Å². The number of piperazine rings is 1. The minimum Gasteiger partial charge on any atom is -0.363 e. The van der Waals surface area contributed by atoms with Crippen molar-refractivity contribution in [3.8, 4) is 0 Å². The topological polar surface area (TPSA) is 67.4 Å². The van der Waals surface area contributed by atoms with Crippen LogP contribution in [0.1, 0.15) is 5.82 Å². The van der Waals surface area contributed by atoms with Crippen molar-refractivity contribution in [2.45, 2.75) is 6.54 Å². The normalized spacial score (nSPS) is 15.8. The Kier molecular flexibility index (Phi) is 4.81. The highest BCUT2D eigenvalue weighted by Crippen LogP contribution is 2.30. The van der Waals surface area contributed by atoms with Gasteiger partial charge in [0.1, 0.15) is 11.5 Å². The van der Waals surface area contributed by atoms with Gasteiger partial charge in [-0.3, -0.25) is 15.0 Å². The molecule has 7 nitrogen and oxygen atoms in total. The summed E-state index contributed by atoms with van der Waals surface area (Å²) < 4.78 is 2.91. The highest BCUT2D eigenvalue weighted by Gasteiger charge is 2.24. The van der Waals surface area contributed by atoms with E-state index in [4.69, 9.17) is 0 Å². The molecule has 0 radical (unpaired) electrons. The summed E-state index contributed by atoms with van der Waals surface area (Å²) in [5.74, 6) is 1.04. The van der Waals surface area contributed by atoms with E-state index < -0.39 is 0 Å². The fraction of sp³-hybridized carbons (Fsp3) is 0.400. The smallest absolute Gasteiger partial charge is 0.293 e. The predicted octanol–water partition coefficient (Wildman–Crippen LogP) is 2.26. The lowest BCUT2D eigenvalue weighted by atomic mass is 10.2. The lowest BCUT2D eigenvalue weighted by Crippen LogP contribution is -2.46. The molecule has 0 N–H and O–H groups in total. The number of aromatic nitrogens is 2. The van der Waals surface area contributed by atoms with Gasteiger partial charge in [0.15, 0.2) is 0 Å². The first-order valence-electron chi connectivity index (χ1n) is 7.42. The first-order chi connectivity index (χ1) is 11.0. The summed E-state index contributed by atoms with van der Waals surface area (Å²) in [5.41, 5.74) is 0.904. The van der Waals surface area contributed by atoms with Gasteiger partial charge in [0.05, 0.1) is 11.5 Å². The molecule has 1 aliphatic heterocycles. The van der Waals surface area contributed by atoms with E-state index >= 15 is 0 Å². The number of rotatable bonds is 4. The molecule has 1 aliphatic rings. The molecule has 1 aromatic heterocycles. The monoisotopic (exact) mass is 427 g/mol. The molecule has 0 atom stereocenters. The maximum Gasteiger partial charge on any atom is 0.293 e. The van der Waals surface area contributed by atoms with Crippen molar-refractivity contribution in [3.63, 3.8) is 0 Å². The molecule has 0 aliphatic carbocycles. The van der Waals surface area contributed by atoms with Crippen LogP contribution in [-0.2, 0) is 13.6 Å². The molecular formula is C15H18IN5O2. The van der Waals surface area contributed by atoms with Crippen LogP contribution >= 0.6 is 22.6 Å². The lowest BCUT2D eigenvalue weighted by molar-refractivity contribution is -0.384. The second kappa shape index (κ2) is 6.83. The van der Waals surface area contributed by atoms with Crippen LogP contribution in [0.5, 0.6) is 0 Å². The Morgan fingerprint density at radius 3 is 2.65 bits per heavy atom. The van der Waals surface area contributed by atoms with Crippen molar-refractivity contribution in [1.82, 2.24) is 14.5 Å². The van der Waals surface area contributed by atoms with Gasteiger partial charge < -0.3 is 9.47 Å². The number of imidazole rings is 1. The third kappa shape index (κ3) is 3.63. The second-order valence-corrected chi connectivity index (χ2v) is 6.85. The average Bonchev–Trinajstić information content (AvgIpc) is 2.93. The zero-order valence-electron chi connectivity index (χ0n) is 12.9. The van der Waals surface area contributed by atoms with Crippen molar-refractivity contribution in [3.05, 3.63) is 50.1 Å². The van der Waals surface area contributed by atoms with E-state index in [9.17, 15) is 10.1 Å². The summed E-state index contributed by atoms with van der Waals surface area (Å²) in [4.78, 5) is 19.8. The summed E-state index contributed by atoms with van der Waals surface area (Å²) >= 11 is 2.10. The van der Waals surface area contributed by atoms with E-state index in [1.54, 1.807) is 12.3 Å². The number of hydrogen-bond donors (Lipinski definition) is 0. The number of nitro groups is 1. The zero-order valence-corrected chi connectivity index (χ0v) is 15.0. The maximum atomic E-state index is 11.3. The molecule has 2 aromatic rings. The molecule has 122 valence electrons. The molecule has 2 heterocycles. The molecule has 3 rings (SSSR count). The van der Waals surface area contributed by atoms with Crippen molar-refractivity contribution >= 4 is 34.0 Å². The molecule has 0 spiro atoms. The highest BCUT2D eigenvalue weighted by molar-refractivity contribution is 14.1. The number of aryl methyl sites for hydroxylation is 1. The summed E-state index contributed by atoms with van der Waals surface area (Å²) in [6.45, 7) is 4.12. The maximum absolute atomic E-state index is 11.3. The Balaban J connectivity index is 1.67. The van der Waals surface area contributed by atoms with Crippen LogP contribution in [0.25, 0.3) is 0 Å². The van der Waals surface area contributed by atoms with E-state index in [2.05, 4.69) is 37.4 Å². The van der Waals surface area contributed by atoms with Crippen molar-refractivity contribution < 1.29 is 4.92 Å². The first kappa shape index (κ1) is 16.2. The Labute approximate surface area is 148 Å². The molecular weight excluding hydrogens is 409 g/mol. The second-order valence-electron chi connectivity index (χ2n) is 5.61. The van der Waals surface area contributed by atoms with Gasteiger partial charge in [-0.25, -0.2) is 4.98 Å². The molecule has 1 saturated heterocycles. The number of halogens is 1. The molecule has 0 unspecified atom stereocenters. The number of hydrogen-bond acceptors (Lipinski definition) is 5. The van der Waals surface area contributed by atoms with Gasteiger partial charge in [-0.15, -0.1) is 0 Å². The minimum atomic E-state index is -0.294. The Morgan fingerprint density at radius 1 is 1.30 bits per heavy atom. The largest absolute Gasteiger partial charge is 0.363 e. The molecule has 0 amide bonds. The quantitative estimate of drug-likeness (QED) is 0.426. The molecule has 23 heavy (non-hydrogen) atoms. The van der Waals surface area contributed by atoms with Crippen LogP contribution in [-0.4, -0.2) is 45.6 Å². The van der Waals surface area contributed by atoms with Crippen molar-refractivity contribution in [1.29, 1.82) is 0 Å². The Morgan fingerprint density at radius 2 is 2.04 bits per heavy atom. The fourth-order valence-electron chi connectivity index (χ4n) is 2.81. The van der Waals surface area contributed by atoms with Crippen LogP contribution in [0.15, 0.2) is 30.6 Å². The van der Waals surface area contributed by atoms with E-state index in [-0.39, 0.29) is 10.6 Å². The fourth-order valence-corrected chi connectivity index (χ4v) is 3.28. The average molecular weight is 427 g/mol. The van der Waals surface area contributed by atoms with Gasteiger partial charge in [-0.05, 0) is 34.7 Å². The summed E-state index contributed by atoms with van der Waals surface area (Å²) in [5, 5.41) is 11.3. The lowest BCUT2D eigenvalue weighted by Gasteiger charge is -2.35. The Hall–Kier alpha value is -1.68. The van der Waals surface area contributed by atoms with Crippen molar-refractivity contribution in [2.24, 2.45) is 7.05 Å². The van der Waals surface area contributed by atoms with Gasteiger partial charge in [0, 0.05) is 55.3 Å². The first-order valence-corrected chi connectivity index (χ1v) is 8.50. The number of benzene rings is 1. The SMILES string of the molecule is Cn1ccnc1CN1CCN(c2ccc(I)cc2[N+](=O)[O-])CC1. The Bertz CT molecular complexity index is 710. The summed E-state index contributed by atoms with van der Waals surface area (Å²) in [6.07, 6.45) is 3.75. The molecule has 0 bridgehead atoms. The summed E-state index contributed by atoms with van der Waals surface area (Å²) in [6, 6.07) is 5.41. The highest BCUT2D eigenvalue weighted by atomic mass is 127. The number of anilines is 1. The van der Waals surface area contributed by atoms with Crippen molar-refractivity contribution in [2.75, 3.05) is 31.1 Å². The molecule has 1 fully saturated rings. The standard InChI is InChI=1S/C15H18IN5O2/c1-18-5-4-17-15(18)11-19-6-8-20(9-7-19)13-3-2-12(16)10-14(13)21(22)23/h2-5,10H,6-9,11H2,1H3. The van der Waals surface area contributed by atoms with Crippen LogP contribution in [0.2, 0.25) is 0 Å². The minimum absolute atomic E-state index is 0.189. The number of nitro benzene ring substituents is 1. The van der Waals surface area contributed by atoms with Gasteiger partial charge in [-0.2, -0.15) is 0 Å². The number of nitrogens with zero attached hydrogens (tertiary/aromatic N) is 5. The third-order valence-electron chi connectivity index (χ3n) is 4.13. The van der Waals surface area contributed by atoms with Gasteiger partial charge in [0.2, 0.25) is 0 Å². The molecule has 1 aromatic carbocycles.